The lowest BCUT2D eigenvalue weighted by Crippen LogP contribution is -2.33. The summed E-state index contributed by atoms with van der Waals surface area (Å²) in [5, 5.41) is 5.37. The van der Waals surface area contributed by atoms with Crippen molar-refractivity contribution in [2.75, 3.05) is 5.43 Å². The lowest BCUT2D eigenvalue weighted by molar-refractivity contribution is 0.0242. The molecule has 0 spiro atoms. The molecule has 0 saturated carbocycles. The van der Waals surface area contributed by atoms with Crippen LogP contribution in [0.2, 0.25) is 0 Å². The van der Waals surface area contributed by atoms with Crippen molar-refractivity contribution in [3.05, 3.63) is 52.2 Å². The van der Waals surface area contributed by atoms with Crippen LogP contribution in [0, 0.1) is 0 Å². The Bertz CT molecular complexity index is 1190. The molecule has 0 fully saturated rings. The third-order valence-corrected chi connectivity index (χ3v) is 6.53. The number of carbonyl (C=O) groups excluding carboxylic acids is 1. The molecule has 0 radical (unpaired) electrons. The molecule has 0 unspecified atom stereocenters. The molecule has 1 amide bonds. The summed E-state index contributed by atoms with van der Waals surface area (Å²) in [5.41, 5.74) is 5.81. The van der Waals surface area contributed by atoms with Gasteiger partial charge in [-0.05, 0) is 55.0 Å². The molecule has 3 heterocycles. The van der Waals surface area contributed by atoms with Crippen LogP contribution in [-0.2, 0) is 23.2 Å². The smallest absolute Gasteiger partial charge is 0.410 e. The van der Waals surface area contributed by atoms with E-state index in [1.165, 1.54) is 4.88 Å². The number of nitrogens with zero attached hydrogens (tertiary/aromatic N) is 4. The van der Waals surface area contributed by atoms with E-state index in [0.717, 1.165) is 26.9 Å². The predicted molar refractivity (Wildman–Crippen MR) is 129 cm³/mol. The number of rotatable bonds is 3. The van der Waals surface area contributed by atoms with Gasteiger partial charge in [0.25, 0.3) is 0 Å². The Morgan fingerprint density at radius 3 is 2.59 bits per heavy atom. The molecule has 8 heteroatoms. The molecule has 1 aromatic carbocycles. The summed E-state index contributed by atoms with van der Waals surface area (Å²) < 4.78 is 5.49. The van der Waals surface area contributed by atoms with E-state index >= 15 is 0 Å². The highest BCUT2D eigenvalue weighted by atomic mass is 32.1. The predicted octanol–water partition coefficient (Wildman–Crippen LogP) is 5.69. The van der Waals surface area contributed by atoms with Crippen LogP contribution in [0.15, 0.2) is 35.7 Å². The van der Waals surface area contributed by atoms with Gasteiger partial charge in [0, 0.05) is 18.0 Å². The number of nitrogens with one attached hydrogen (secondary N) is 1. The Hall–Kier alpha value is -3.00. The minimum Gasteiger partial charge on any atom is -0.444 e. The molecule has 7 nitrogen and oxygen atoms in total. The van der Waals surface area contributed by atoms with Crippen molar-refractivity contribution < 1.29 is 9.53 Å². The molecule has 0 atom stereocenters. The highest BCUT2D eigenvalue weighted by molar-refractivity contribution is 7.18. The van der Waals surface area contributed by atoms with Gasteiger partial charge in [0.1, 0.15) is 16.8 Å². The summed E-state index contributed by atoms with van der Waals surface area (Å²) in [4.78, 5) is 25.1. The topological polar surface area (TPSA) is 79.7 Å². The van der Waals surface area contributed by atoms with Crippen LogP contribution in [0.3, 0.4) is 0 Å². The van der Waals surface area contributed by atoms with E-state index < -0.39 is 5.60 Å². The summed E-state index contributed by atoms with van der Waals surface area (Å²) in [6.45, 7) is 13.3. The molecule has 0 bridgehead atoms. The molecule has 1 aliphatic rings. The fraction of sp³-hybridized carbons (Fsp3) is 0.417. The summed E-state index contributed by atoms with van der Waals surface area (Å²) in [6, 6.07) is 8.24. The van der Waals surface area contributed by atoms with Gasteiger partial charge in [0.05, 0.1) is 11.6 Å². The van der Waals surface area contributed by atoms with Gasteiger partial charge < -0.3 is 4.74 Å². The fourth-order valence-corrected chi connectivity index (χ4v) is 4.49. The van der Waals surface area contributed by atoms with Crippen LogP contribution in [0.1, 0.15) is 63.1 Å². The minimum atomic E-state index is -0.502. The zero-order valence-electron chi connectivity index (χ0n) is 19.4. The molecule has 0 aliphatic carbocycles. The molecular weight excluding hydrogens is 422 g/mol. The number of anilines is 1. The van der Waals surface area contributed by atoms with E-state index in [0.29, 0.717) is 18.9 Å². The van der Waals surface area contributed by atoms with Crippen molar-refractivity contribution in [1.29, 1.82) is 0 Å². The molecule has 168 valence electrons. The van der Waals surface area contributed by atoms with Crippen LogP contribution >= 0.6 is 11.3 Å². The van der Waals surface area contributed by atoms with Crippen LogP contribution in [0.5, 0.6) is 0 Å². The van der Waals surface area contributed by atoms with Crippen LogP contribution in [0.25, 0.3) is 10.2 Å². The summed E-state index contributed by atoms with van der Waals surface area (Å²) in [7, 11) is 0. The number of thiophene rings is 1. The van der Waals surface area contributed by atoms with Gasteiger partial charge in [-0.2, -0.15) is 5.10 Å². The second-order valence-corrected chi connectivity index (χ2v) is 11.1. The molecule has 3 aromatic rings. The second kappa shape index (κ2) is 8.16. The van der Waals surface area contributed by atoms with E-state index in [9.17, 15) is 4.79 Å². The van der Waals surface area contributed by atoms with Gasteiger partial charge in [-0.15, -0.1) is 11.3 Å². The number of ether oxygens (including phenoxy) is 1. The molecule has 2 aromatic heterocycles. The monoisotopic (exact) mass is 451 g/mol. The summed E-state index contributed by atoms with van der Waals surface area (Å²) in [5.74, 6) is 0.690. The number of fused-ring (bicyclic) bond motifs is 2. The second-order valence-electron chi connectivity index (χ2n) is 10.0. The molecule has 1 aliphatic heterocycles. The molecule has 0 saturated heterocycles. The van der Waals surface area contributed by atoms with E-state index in [-0.39, 0.29) is 11.5 Å². The fourth-order valence-electron chi connectivity index (χ4n) is 3.43. The minimum absolute atomic E-state index is 0.0590. The largest absolute Gasteiger partial charge is 0.444 e. The Kier molecular flexibility index (Phi) is 5.67. The third kappa shape index (κ3) is 4.91. The number of aromatic nitrogens is 2. The highest BCUT2D eigenvalue weighted by Gasteiger charge is 2.27. The maximum absolute atomic E-state index is 12.4. The maximum Gasteiger partial charge on any atom is 0.410 e. The number of carbonyl (C=O) groups is 1. The number of hydrogen-bond acceptors (Lipinski definition) is 7. The van der Waals surface area contributed by atoms with Crippen molar-refractivity contribution in [2.45, 2.75) is 65.6 Å². The van der Waals surface area contributed by atoms with Crippen molar-refractivity contribution >= 4 is 39.7 Å². The first-order valence-corrected chi connectivity index (χ1v) is 11.4. The molecular formula is C24H29N5O2S. The molecule has 4 rings (SSSR count). The Labute approximate surface area is 192 Å². The first kappa shape index (κ1) is 22.2. The summed E-state index contributed by atoms with van der Waals surface area (Å²) in [6.07, 6.45) is 3.04. The van der Waals surface area contributed by atoms with E-state index in [1.807, 2.05) is 32.9 Å². The van der Waals surface area contributed by atoms with Crippen molar-refractivity contribution in [2.24, 2.45) is 5.10 Å². The van der Waals surface area contributed by atoms with Gasteiger partial charge in [0.15, 0.2) is 5.82 Å². The SMILES string of the molecule is CC(C)(C)OC(=O)N1Cc2ccc(C=NNc3ncnc4sc(C(C)(C)C)cc34)cc2C1. The zero-order chi connectivity index (χ0) is 23.1. The Morgan fingerprint density at radius 2 is 1.88 bits per heavy atom. The average Bonchev–Trinajstić information content (AvgIpc) is 3.31. The lowest BCUT2D eigenvalue weighted by Gasteiger charge is -2.24. The molecule has 32 heavy (non-hydrogen) atoms. The quantitative estimate of drug-likeness (QED) is 0.409. The first-order chi connectivity index (χ1) is 15.0. The molecule has 1 N–H and O–H groups in total. The third-order valence-electron chi connectivity index (χ3n) is 5.06. The van der Waals surface area contributed by atoms with Gasteiger partial charge in [-0.1, -0.05) is 32.9 Å². The van der Waals surface area contributed by atoms with Crippen LogP contribution in [-0.4, -0.2) is 32.8 Å². The van der Waals surface area contributed by atoms with Crippen molar-refractivity contribution in [3.63, 3.8) is 0 Å². The lowest BCUT2D eigenvalue weighted by atomic mass is 9.94. The average molecular weight is 452 g/mol. The number of hydrazone groups is 1. The van der Waals surface area contributed by atoms with E-state index in [2.05, 4.69) is 53.4 Å². The van der Waals surface area contributed by atoms with Gasteiger partial charge in [0.2, 0.25) is 0 Å². The maximum atomic E-state index is 12.4. The first-order valence-electron chi connectivity index (χ1n) is 10.6. The van der Waals surface area contributed by atoms with Gasteiger partial charge >= 0.3 is 6.09 Å². The van der Waals surface area contributed by atoms with Crippen LogP contribution < -0.4 is 5.43 Å². The van der Waals surface area contributed by atoms with E-state index in [4.69, 9.17) is 4.74 Å². The number of amides is 1. The Morgan fingerprint density at radius 1 is 1.12 bits per heavy atom. The van der Waals surface area contributed by atoms with Crippen molar-refractivity contribution in [3.8, 4) is 0 Å². The number of hydrogen-bond donors (Lipinski definition) is 1. The highest BCUT2D eigenvalue weighted by Crippen LogP contribution is 2.35. The number of benzene rings is 1. The van der Waals surface area contributed by atoms with E-state index in [1.54, 1.807) is 28.8 Å². The zero-order valence-corrected chi connectivity index (χ0v) is 20.2. The van der Waals surface area contributed by atoms with Gasteiger partial charge in [-0.25, -0.2) is 14.8 Å². The van der Waals surface area contributed by atoms with Crippen LogP contribution in [0.4, 0.5) is 10.6 Å². The summed E-state index contributed by atoms with van der Waals surface area (Å²) >= 11 is 1.68. The Balaban J connectivity index is 1.46. The standard InChI is InChI=1S/C24H29N5O2S/c1-23(2,3)19-10-18-20(25-14-26-21(18)32-19)28-27-11-15-7-8-16-12-29(13-17(16)9-15)22(30)31-24(4,5)6/h7-11,14H,12-13H2,1-6H3,(H,25,26,28). The normalized spacial score (nSPS) is 14.2. The van der Waals surface area contributed by atoms with Crippen molar-refractivity contribution in [1.82, 2.24) is 14.9 Å². The van der Waals surface area contributed by atoms with Gasteiger partial charge in [-0.3, -0.25) is 10.3 Å².